The number of amidine groups is 1. The Labute approximate surface area is 157 Å². The molecule has 6 heteroatoms. The summed E-state index contributed by atoms with van der Waals surface area (Å²) in [7, 11) is 0. The van der Waals surface area contributed by atoms with Gasteiger partial charge in [-0.1, -0.05) is 0 Å². The summed E-state index contributed by atoms with van der Waals surface area (Å²) in [6.07, 6.45) is 0.743. The lowest BCUT2D eigenvalue weighted by Gasteiger charge is -2.31. The molecule has 1 fully saturated rings. The number of benzene rings is 2. The molecule has 0 saturated carbocycles. The van der Waals surface area contributed by atoms with Crippen molar-refractivity contribution in [3.8, 4) is 0 Å². The van der Waals surface area contributed by atoms with E-state index in [1.54, 1.807) is 0 Å². The van der Waals surface area contributed by atoms with Crippen LogP contribution in [0.2, 0.25) is 0 Å². The molecule has 2 heterocycles. The van der Waals surface area contributed by atoms with Gasteiger partial charge in [0.1, 0.15) is 5.84 Å². The number of hydrogen-bond donors (Lipinski definition) is 2. The van der Waals surface area contributed by atoms with Crippen LogP contribution in [0.1, 0.15) is 34.8 Å². The Morgan fingerprint density at radius 1 is 1.19 bits per heavy atom. The predicted molar refractivity (Wildman–Crippen MR) is 108 cm³/mol. The van der Waals surface area contributed by atoms with Gasteiger partial charge in [0.25, 0.3) is 0 Å². The molecular formula is C20H22N4OS. The molecule has 0 radical (unpaired) electrons. The summed E-state index contributed by atoms with van der Waals surface area (Å²) in [6, 6.07) is 9.77. The van der Waals surface area contributed by atoms with Crippen molar-refractivity contribution in [2.45, 2.75) is 32.1 Å². The lowest BCUT2D eigenvalue weighted by Crippen LogP contribution is -2.40. The molecule has 2 aromatic rings. The predicted octanol–water partition coefficient (Wildman–Crippen LogP) is 3.99. The third-order valence-electron chi connectivity index (χ3n) is 5.60. The summed E-state index contributed by atoms with van der Waals surface area (Å²) >= 11 is 1.13. The van der Waals surface area contributed by atoms with Gasteiger partial charge in [0.15, 0.2) is 5.78 Å². The van der Waals surface area contributed by atoms with Crippen LogP contribution in [0.15, 0.2) is 40.2 Å². The normalized spacial score (nSPS) is 21.5. The summed E-state index contributed by atoms with van der Waals surface area (Å²) in [4.78, 5) is 21.2. The van der Waals surface area contributed by atoms with E-state index in [2.05, 4.69) is 4.90 Å². The molecule has 0 aliphatic carbocycles. The Bertz CT molecular complexity index is 969. The average molecular weight is 366 g/mol. The molecule has 1 saturated heterocycles. The Hall–Kier alpha value is -2.31. The van der Waals surface area contributed by atoms with Crippen LogP contribution in [-0.4, -0.2) is 18.2 Å². The second-order valence-corrected chi connectivity index (χ2v) is 7.97. The maximum atomic E-state index is 13.3. The SMILES string of the molecule is Cc1cc2c(cc1C)C(=O)C1(C)CCN(c3ccc(N)c(SN)c3)C1=N2. The lowest BCUT2D eigenvalue weighted by molar-refractivity contribution is 0.0887. The minimum atomic E-state index is -0.591. The zero-order chi connectivity index (χ0) is 18.6. The number of carbonyl (C=O) groups is 1. The van der Waals surface area contributed by atoms with E-state index < -0.39 is 5.41 Å². The highest BCUT2D eigenvalue weighted by atomic mass is 32.2. The van der Waals surface area contributed by atoms with Gasteiger partial charge in [-0.2, -0.15) is 0 Å². The number of carbonyl (C=O) groups excluding carboxylic acids is 1. The van der Waals surface area contributed by atoms with Crippen molar-refractivity contribution in [3.63, 3.8) is 0 Å². The van der Waals surface area contributed by atoms with Crippen LogP contribution in [-0.2, 0) is 0 Å². The number of ketones is 1. The number of nitrogens with two attached hydrogens (primary N) is 2. The number of nitrogen functional groups attached to an aromatic ring is 1. The molecule has 0 amide bonds. The van der Waals surface area contributed by atoms with Crippen LogP contribution in [0, 0.1) is 19.3 Å². The maximum Gasteiger partial charge on any atom is 0.178 e. The van der Waals surface area contributed by atoms with E-state index in [0.717, 1.165) is 63.7 Å². The maximum absolute atomic E-state index is 13.3. The number of fused-ring (bicyclic) bond motifs is 2. The molecule has 1 atom stereocenters. The van der Waals surface area contributed by atoms with Crippen LogP contribution < -0.4 is 15.8 Å². The van der Waals surface area contributed by atoms with E-state index in [-0.39, 0.29) is 5.78 Å². The fourth-order valence-corrected chi connectivity index (χ4v) is 4.17. The molecule has 1 unspecified atom stereocenters. The van der Waals surface area contributed by atoms with Crippen molar-refractivity contribution in [2.24, 2.45) is 15.5 Å². The molecule has 2 aliphatic heterocycles. The summed E-state index contributed by atoms with van der Waals surface area (Å²) in [5.41, 5.74) is 10.8. The smallest absolute Gasteiger partial charge is 0.178 e. The fourth-order valence-electron chi connectivity index (χ4n) is 3.78. The van der Waals surface area contributed by atoms with Crippen molar-refractivity contribution in [1.29, 1.82) is 0 Å². The molecule has 2 aliphatic rings. The fraction of sp³-hybridized carbons (Fsp3) is 0.300. The molecule has 0 spiro atoms. The Morgan fingerprint density at radius 3 is 2.65 bits per heavy atom. The minimum Gasteiger partial charge on any atom is -0.398 e. The van der Waals surface area contributed by atoms with E-state index in [9.17, 15) is 4.79 Å². The molecular weight excluding hydrogens is 344 g/mol. The first kappa shape index (κ1) is 17.1. The van der Waals surface area contributed by atoms with Crippen LogP contribution in [0.3, 0.4) is 0 Å². The molecule has 5 nitrogen and oxygen atoms in total. The molecule has 134 valence electrons. The number of Topliss-reactive ketones (excluding diaryl/α,β-unsaturated/α-hetero) is 1. The van der Waals surface area contributed by atoms with Crippen LogP contribution in [0.5, 0.6) is 0 Å². The van der Waals surface area contributed by atoms with Gasteiger partial charge in [0.05, 0.1) is 11.1 Å². The van der Waals surface area contributed by atoms with Gasteiger partial charge in [-0.05, 0) is 80.6 Å². The van der Waals surface area contributed by atoms with Gasteiger partial charge >= 0.3 is 0 Å². The second kappa shape index (κ2) is 5.86. The number of aliphatic imine (C=N–C) groups is 1. The van der Waals surface area contributed by atoms with Gasteiger partial charge in [-0.15, -0.1) is 0 Å². The van der Waals surface area contributed by atoms with E-state index in [1.165, 1.54) is 0 Å². The highest BCUT2D eigenvalue weighted by Crippen LogP contribution is 2.45. The number of nitrogens with zero attached hydrogens (tertiary/aromatic N) is 2. The third-order valence-corrected chi connectivity index (χ3v) is 6.21. The van der Waals surface area contributed by atoms with E-state index >= 15 is 0 Å². The van der Waals surface area contributed by atoms with Crippen molar-refractivity contribution in [2.75, 3.05) is 17.2 Å². The summed E-state index contributed by atoms with van der Waals surface area (Å²) < 4.78 is 0. The Morgan fingerprint density at radius 2 is 1.92 bits per heavy atom. The highest BCUT2D eigenvalue weighted by molar-refractivity contribution is 7.97. The van der Waals surface area contributed by atoms with Crippen molar-refractivity contribution in [1.82, 2.24) is 0 Å². The first-order valence-electron chi connectivity index (χ1n) is 8.64. The second-order valence-electron chi connectivity index (χ2n) is 7.29. The number of aryl methyl sites for hydroxylation is 2. The summed E-state index contributed by atoms with van der Waals surface area (Å²) in [5, 5.41) is 5.73. The highest BCUT2D eigenvalue weighted by Gasteiger charge is 2.50. The monoisotopic (exact) mass is 366 g/mol. The zero-order valence-electron chi connectivity index (χ0n) is 15.2. The third kappa shape index (κ3) is 2.36. The van der Waals surface area contributed by atoms with Crippen LogP contribution >= 0.6 is 11.9 Å². The Balaban J connectivity index is 1.86. The average Bonchev–Trinajstić information content (AvgIpc) is 2.96. The largest absolute Gasteiger partial charge is 0.398 e. The standard InChI is InChI=1S/C20H22N4OS/c1-11-8-14-16(9-12(11)2)23-19-20(3,18(14)25)6-7-24(19)13-4-5-15(21)17(10-13)26-22/h4-5,8-10H,6-7,21-22H2,1-3H3. The number of hydrogen-bond acceptors (Lipinski definition) is 6. The van der Waals surface area contributed by atoms with Gasteiger partial charge < -0.3 is 10.6 Å². The molecule has 26 heavy (non-hydrogen) atoms. The van der Waals surface area contributed by atoms with Gasteiger partial charge in [0, 0.05) is 28.4 Å². The zero-order valence-corrected chi connectivity index (χ0v) is 16.0. The topological polar surface area (TPSA) is 84.7 Å². The first-order chi connectivity index (χ1) is 12.3. The lowest BCUT2D eigenvalue weighted by atomic mass is 9.77. The number of rotatable bonds is 2. The first-order valence-corrected chi connectivity index (χ1v) is 9.52. The molecule has 4 N–H and O–H groups in total. The van der Waals surface area contributed by atoms with E-state index in [1.807, 2.05) is 51.1 Å². The van der Waals surface area contributed by atoms with Crippen LogP contribution in [0.25, 0.3) is 0 Å². The van der Waals surface area contributed by atoms with E-state index in [4.69, 9.17) is 15.9 Å². The van der Waals surface area contributed by atoms with Gasteiger partial charge in [-0.3, -0.25) is 9.93 Å². The summed E-state index contributed by atoms with van der Waals surface area (Å²) in [5.74, 6) is 0.975. The molecule has 0 bridgehead atoms. The van der Waals surface area contributed by atoms with Crippen molar-refractivity contribution < 1.29 is 4.79 Å². The molecule has 2 aromatic carbocycles. The van der Waals surface area contributed by atoms with Crippen molar-refractivity contribution >= 4 is 40.6 Å². The van der Waals surface area contributed by atoms with Crippen LogP contribution in [0.4, 0.5) is 17.1 Å². The van der Waals surface area contributed by atoms with E-state index in [0.29, 0.717) is 5.69 Å². The Kier molecular flexibility index (Phi) is 3.86. The van der Waals surface area contributed by atoms with Crippen molar-refractivity contribution in [3.05, 3.63) is 47.0 Å². The quantitative estimate of drug-likeness (QED) is 0.620. The molecule has 0 aromatic heterocycles. The molecule has 4 rings (SSSR count). The summed E-state index contributed by atoms with van der Waals surface area (Å²) in [6.45, 7) is 6.82. The number of anilines is 2. The van der Waals surface area contributed by atoms with Gasteiger partial charge in [-0.25, -0.2) is 4.99 Å². The van der Waals surface area contributed by atoms with Gasteiger partial charge in [0.2, 0.25) is 0 Å². The minimum absolute atomic E-state index is 0.159.